The van der Waals surface area contributed by atoms with Crippen molar-refractivity contribution in [2.75, 3.05) is 26.4 Å². The van der Waals surface area contributed by atoms with Crippen LogP contribution in [-0.4, -0.2) is 49.6 Å². The number of esters is 2. The van der Waals surface area contributed by atoms with Crippen LogP contribution in [0.25, 0.3) is 5.57 Å². The summed E-state index contributed by atoms with van der Waals surface area (Å²) in [4.78, 5) is 23.9. The number of carbonyl (C=O) groups excluding carboxylic acids is 2. The maximum Gasteiger partial charge on any atom is 0.349 e. The molecular weight excluding hydrogens is 410 g/mol. The molecule has 2 aromatic rings. The number of ether oxygens (including phenoxy) is 3. The van der Waals surface area contributed by atoms with Gasteiger partial charge in [0.1, 0.15) is 31.0 Å². The van der Waals surface area contributed by atoms with Crippen LogP contribution in [0.2, 0.25) is 0 Å². The number of hydrogen-bond acceptors (Lipinski definition) is 7. The third-order valence-corrected chi connectivity index (χ3v) is 4.22. The molecule has 0 aliphatic heterocycles. The molecule has 0 saturated carbocycles. The Bertz CT molecular complexity index is 951. The molecule has 0 spiro atoms. The fraction of sp³-hybridized carbons (Fsp3) is 0.240. The Morgan fingerprint density at radius 3 is 2.00 bits per heavy atom. The minimum Gasteiger partial charge on any atom is -0.460 e. The highest BCUT2D eigenvalue weighted by Crippen LogP contribution is 2.27. The number of hydrogen-bond donors (Lipinski definition) is 1. The summed E-state index contributed by atoms with van der Waals surface area (Å²) in [5.41, 5.74) is 2.03. The van der Waals surface area contributed by atoms with E-state index in [2.05, 4.69) is 6.58 Å². The minimum atomic E-state index is -1.02. The second-order valence-electron chi connectivity index (χ2n) is 6.84. The first-order chi connectivity index (χ1) is 15.4. The van der Waals surface area contributed by atoms with E-state index >= 15 is 0 Å². The topological polar surface area (TPSA) is 106 Å². The summed E-state index contributed by atoms with van der Waals surface area (Å²) in [6, 6.07) is 20.2. The van der Waals surface area contributed by atoms with Gasteiger partial charge in [-0.15, -0.1) is 0 Å². The van der Waals surface area contributed by atoms with Gasteiger partial charge in [0.2, 0.25) is 0 Å². The highest BCUT2D eigenvalue weighted by atomic mass is 16.6. The van der Waals surface area contributed by atoms with Gasteiger partial charge in [0.25, 0.3) is 0 Å². The minimum absolute atomic E-state index is 0.00193. The molecule has 7 nitrogen and oxygen atoms in total. The lowest BCUT2D eigenvalue weighted by atomic mass is 9.93. The van der Waals surface area contributed by atoms with E-state index in [4.69, 9.17) is 14.2 Å². The van der Waals surface area contributed by atoms with E-state index in [0.717, 1.165) is 11.1 Å². The summed E-state index contributed by atoms with van der Waals surface area (Å²) in [5, 5.41) is 19.4. The van der Waals surface area contributed by atoms with Crippen LogP contribution in [0.5, 0.6) is 0 Å². The second-order valence-corrected chi connectivity index (χ2v) is 6.84. The van der Waals surface area contributed by atoms with E-state index in [9.17, 15) is 20.0 Å². The van der Waals surface area contributed by atoms with Gasteiger partial charge in [0, 0.05) is 11.1 Å². The van der Waals surface area contributed by atoms with Gasteiger partial charge in [0.05, 0.1) is 13.2 Å². The fourth-order valence-corrected chi connectivity index (χ4v) is 2.70. The number of aliphatic hydroxyl groups is 1. The third-order valence-electron chi connectivity index (χ3n) is 4.22. The smallest absolute Gasteiger partial charge is 0.349 e. The van der Waals surface area contributed by atoms with E-state index < -0.39 is 18.0 Å². The summed E-state index contributed by atoms with van der Waals surface area (Å²) in [7, 11) is 0. The van der Waals surface area contributed by atoms with Crippen LogP contribution in [0.3, 0.4) is 0 Å². The predicted molar refractivity (Wildman–Crippen MR) is 118 cm³/mol. The average Bonchev–Trinajstić information content (AvgIpc) is 2.81. The van der Waals surface area contributed by atoms with Crippen LogP contribution in [0.4, 0.5) is 0 Å². The molecule has 0 amide bonds. The normalized spacial score (nSPS) is 11.0. The van der Waals surface area contributed by atoms with Crippen molar-refractivity contribution in [3.63, 3.8) is 0 Å². The van der Waals surface area contributed by atoms with Crippen LogP contribution in [0.1, 0.15) is 18.1 Å². The van der Waals surface area contributed by atoms with Crippen LogP contribution < -0.4 is 0 Å². The van der Waals surface area contributed by atoms with Gasteiger partial charge in [-0.3, -0.25) is 0 Å². The number of aliphatic hydroxyl groups excluding tert-OH is 1. The Balaban J connectivity index is 1.96. The fourth-order valence-electron chi connectivity index (χ4n) is 2.70. The Kier molecular flexibility index (Phi) is 9.85. The maximum atomic E-state index is 12.6. The number of benzene rings is 2. The molecule has 166 valence electrons. The molecule has 2 rings (SSSR count). The predicted octanol–water partition coefficient (Wildman–Crippen LogP) is 3.05. The number of rotatable bonds is 11. The maximum absolute atomic E-state index is 12.6. The zero-order chi connectivity index (χ0) is 23.3. The Morgan fingerprint density at radius 2 is 1.50 bits per heavy atom. The van der Waals surface area contributed by atoms with Crippen molar-refractivity contribution in [1.82, 2.24) is 0 Å². The lowest BCUT2D eigenvalue weighted by molar-refractivity contribution is -0.144. The van der Waals surface area contributed by atoms with Crippen molar-refractivity contribution in [2.24, 2.45) is 0 Å². The van der Waals surface area contributed by atoms with E-state index in [-0.39, 0.29) is 37.6 Å². The standard InChI is InChI=1S/C25H25NO6/c1-18(2)24(28)32-17-21(27)16-30-13-14-31-25(29)22(15-26)23(19-9-5-3-6-10-19)20-11-7-4-8-12-20/h3-12,21,27H,1,13-14,16-17H2,2H3. The van der Waals surface area contributed by atoms with E-state index in [0.29, 0.717) is 5.57 Å². The highest BCUT2D eigenvalue weighted by molar-refractivity contribution is 6.05. The number of carbonyl (C=O) groups is 2. The lowest BCUT2D eigenvalue weighted by Crippen LogP contribution is -2.25. The zero-order valence-electron chi connectivity index (χ0n) is 17.8. The van der Waals surface area contributed by atoms with Crippen molar-refractivity contribution in [3.8, 4) is 6.07 Å². The molecule has 1 N–H and O–H groups in total. The molecule has 0 bridgehead atoms. The summed E-state index contributed by atoms with van der Waals surface area (Å²) in [6.07, 6.45) is -1.02. The molecule has 0 aliphatic rings. The Morgan fingerprint density at radius 1 is 0.938 bits per heavy atom. The first-order valence-corrected chi connectivity index (χ1v) is 9.94. The van der Waals surface area contributed by atoms with Crippen molar-refractivity contribution >= 4 is 17.5 Å². The van der Waals surface area contributed by atoms with Gasteiger partial charge in [-0.25, -0.2) is 9.59 Å². The molecule has 32 heavy (non-hydrogen) atoms. The molecule has 0 heterocycles. The van der Waals surface area contributed by atoms with Gasteiger partial charge >= 0.3 is 11.9 Å². The monoisotopic (exact) mass is 435 g/mol. The molecule has 7 heteroatoms. The number of nitriles is 1. The van der Waals surface area contributed by atoms with Crippen molar-refractivity contribution < 1.29 is 28.9 Å². The Hall–Kier alpha value is -3.73. The molecule has 1 unspecified atom stereocenters. The van der Waals surface area contributed by atoms with Crippen LogP contribution in [-0.2, 0) is 23.8 Å². The molecule has 0 saturated heterocycles. The van der Waals surface area contributed by atoms with Gasteiger partial charge in [-0.1, -0.05) is 67.2 Å². The highest BCUT2D eigenvalue weighted by Gasteiger charge is 2.20. The van der Waals surface area contributed by atoms with E-state index in [1.54, 1.807) is 0 Å². The summed E-state index contributed by atoms with van der Waals surface area (Å²) in [6.45, 7) is 4.50. The summed E-state index contributed by atoms with van der Waals surface area (Å²) in [5.74, 6) is -1.36. The third kappa shape index (κ3) is 7.51. The van der Waals surface area contributed by atoms with Crippen LogP contribution in [0.15, 0.2) is 78.4 Å². The van der Waals surface area contributed by atoms with Gasteiger partial charge < -0.3 is 19.3 Å². The summed E-state index contributed by atoms with van der Waals surface area (Å²) >= 11 is 0. The molecule has 0 aliphatic carbocycles. The zero-order valence-corrected chi connectivity index (χ0v) is 17.8. The molecule has 2 aromatic carbocycles. The van der Waals surface area contributed by atoms with Gasteiger partial charge in [0.15, 0.2) is 0 Å². The molecule has 1 atom stereocenters. The van der Waals surface area contributed by atoms with Crippen molar-refractivity contribution in [1.29, 1.82) is 5.26 Å². The van der Waals surface area contributed by atoms with E-state index in [1.165, 1.54) is 6.92 Å². The molecule has 0 radical (unpaired) electrons. The average molecular weight is 435 g/mol. The largest absolute Gasteiger partial charge is 0.460 e. The van der Waals surface area contributed by atoms with E-state index in [1.807, 2.05) is 66.7 Å². The van der Waals surface area contributed by atoms with Gasteiger partial charge in [-0.2, -0.15) is 5.26 Å². The van der Waals surface area contributed by atoms with Crippen molar-refractivity contribution in [2.45, 2.75) is 13.0 Å². The molecule has 0 aromatic heterocycles. The quantitative estimate of drug-likeness (QED) is 0.250. The Labute approximate surface area is 187 Å². The molecule has 0 fully saturated rings. The van der Waals surface area contributed by atoms with Crippen LogP contribution >= 0.6 is 0 Å². The van der Waals surface area contributed by atoms with Gasteiger partial charge in [-0.05, 0) is 18.1 Å². The SMILES string of the molecule is C=C(C)C(=O)OCC(O)COCCOC(=O)C(C#N)=C(c1ccccc1)c1ccccc1. The van der Waals surface area contributed by atoms with Crippen molar-refractivity contribution in [3.05, 3.63) is 89.5 Å². The summed E-state index contributed by atoms with van der Waals surface area (Å²) < 4.78 is 15.3. The first kappa shape index (κ1) is 24.5. The second kappa shape index (κ2) is 12.8. The number of nitrogens with zero attached hydrogens (tertiary/aromatic N) is 1. The lowest BCUT2D eigenvalue weighted by Gasteiger charge is -2.13. The molecular formula is C25H25NO6. The van der Waals surface area contributed by atoms with Crippen LogP contribution in [0, 0.1) is 11.3 Å². The first-order valence-electron chi connectivity index (χ1n) is 9.94.